The molecule has 0 amide bonds. The molecule has 0 fully saturated rings. The van der Waals surface area contributed by atoms with Gasteiger partial charge < -0.3 is 10.5 Å². The van der Waals surface area contributed by atoms with Gasteiger partial charge in [-0.2, -0.15) is 0 Å². The SMILES string of the molecule is Cc1cc(OCCC(C)N)ccc1C(C)C. The Labute approximate surface area is 98.8 Å². The molecule has 2 heteroatoms. The lowest BCUT2D eigenvalue weighted by atomic mass is 9.98. The molecular weight excluding hydrogens is 198 g/mol. The summed E-state index contributed by atoms with van der Waals surface area (Å²) in [6, 6.07) is 6.51. The summed E-state index contributed by atoms with van der Waals surface area (Å²) >= 11 is 0. The summed E-state index contributed by atoms with van der Waals surface area (Å²) in [4.78, 5) is 0. The second kappa shape index (κ2) is 5.90. The minimum atomic E-state index is 0.205. The summed E-state index contributed by atoms with van der Waals surface area (Å²) in [6.07, 6.45) is 0.894. The topological polar surface area (TPSA) is 35.2 Å². The maximum absolute atomic E-state index is 5.67. The lowest BCUT2D eigenvalue weighted by molar-refractivity contribution is 0.301. The van der Waals surface area contributed by atoms with Gasteiger partial charge in [0.2, 0.25) is 0 Å². The third-order valence-corrected chi connectivity index (χ3v) is 2.71. The molecule has 0 bridgehead atoms. The molecule has 0 aliphatic rings. The maximum Gasteiger partial charge on any atom is 0.119 e. The van der Waals surface area contributed by atoms with E-state index in [1.54, 1.807) is 0 Å². The fourth-order valence-electron chi connectivity index (χ4n) is 1.75. The molecule has 1 unspecified atom stereocenters. The molecule has 0 radical (unpaired) electrons. The molecule has 0 aromatic heterocycles. The summed E-state index contributed by atoms with van der Waals surface area (Å²) in [5, 5.41) is 0. The van der Waals surface area contributed by atoms with Crippen LogP contribution in [0.25, 0.3) is 0 Å². The van der Waals surface area contributed by atoms with Gasteiger partial charge in [0, 0.05) is 6.04 Å². The fraction of sp³-hybridized carbons (Fsp3) is 0.571. The van der Waals surface area contributed by atoms with E-state index in [0.29, 0.717) is 12.5 Å². The Morgan fingerprint density at radius 1 is 1.25 bits per heavy atom. The Bertz CT molecular complexity index is 332. The lowest BCUT2D eigenvalue weighted by Crippen LogP contribution is -2.18. The highest BCUT2D eigenvalue weighted by Crippen LogP contribution is 2.23. The first-order chi connectivity index (χ1) is 7.50. The zero-order valence-corrected chi connectivity index (χ0v) is 10.8. The highest BCUT2D eigenvalue weighted by Gasteiger charge is 2.04. The monoisotopic (exact) mass is 221 g/mol. The summed E-state index contributed by atoms with van der Waals surface area (Å²) < 4.78 is 5.65. The van der Waals surface area contributed by atoms with Crippen LogP contribution < -0.4 is 10.5 Å². The van der Waals surface area contributed by atoms with Crippen LogP contribution in [0.3, 0.4) is 0 Å². The quantitative estimate of drug-likeness (QED) is 0.828. The minimum Gasteiger partial charge on any atom is -0.494 e. The van der Waals surface area contributed by atoms with Gasteiger partial charge in [0.15, 0.2) is 0 Å². The summed E-state index contributed by atoms with van der Waals surface area (Å²) in [7, 11) is 0. The van der Waals surface area contributed by atoms with Gasteiger partial charge in [-0.25, -0.2) is 0 Å². The Kier molecular flexibility index (Phi) is 4.81. The molecule has 0 spiro atoms. The molecule has 1 atom stereocenters. The van der Waals surface area contributed by atoms with E-state index >= 15 is 0 Å². The summed E-state index contributed by atoms with van der Waals surface area (Å²) in [5.74, 6) is 1.51. The van der Waals surface area contributed by atoms with E-state index in [0.717, 1.165) is 12.2 Å². The van der Waals surface area contributed by atoms with Crippen molar-refractivity contribution in [3.05, 3.63) is 29.3 Å². The largest absolute Gasteiger partial charge is 0.494 e. The number of rotatable bonds is 5. The maximum atomic E-state index is 5.67. The van der Waals surface area contributed by atoms with Crippen LogP contribution in [-0.2, 0) is 0 Å². The molecule has 0 saturated heterocycles. The molecule has 2 nitrogen and oxygen atoms in total. The Morgan fingerprint density at radius 2 is 1.94 bits per heavy atom. The molecule has 16 heavy (non-hydrogen) atoms. The average Bonchev–Trinajstić information content (AvgIpc) is 2.16. The van der Waals surface area contributed by atoms with Crippen LogP contribution in [-0.4, -0.2) is 12.6 Å². The fourth-order valence-corrected chi connectivity index (χ4v) is 1.75. The first-order valence-corrected chi connectivity index (χ1v) is 5.99. The zero-order valence-electron chi connectivity index (χ0n) is 10.8. The van der Waals surface area contributed by atoms with E-state index in [-0.39, 0.29) is 6.04 Å². The number of nitrogens with two attached hydrogens (primary N) is 1. The molecule has 2 N–H and O–H groups in total. The Hall–Kier alpha value is -1.02. The van der Waals surface area contributed by atoms with Crippen LogP contribution >= 0.6 is 0 Å². The third-order valence-electron chi connectivity index (χ3n) is 2.71. The van der Waals surface area contributed by atoms with Crippen molar-refractivity contribution in [3.8, 4) is 5.75 Å². The normalized spacial score (nSPS) is 12.9. The van der Waals surface area contributed by atoms with Gasteiger partial charge in [-0.15, -0.1) is 0 Å². The Balaban J connectivity index is 2.59. The first-order valence-electron chi connectivity index (χ1n) is 5.99. The predicted octanol–water partition coefficient (Wildman–Crippen LogP) is 3.23. The van der Waals surface area contributed by atoms with Gasteiger partial charge >= 0.3 is 0 Å². The van der Waals surface area contributed by atoms with E-state index in [1.165, 1.54) is 11.1 Å². The molecule has 0 saturated carbocycles. The predicted molar refractivity (Wildman–Crippen MR) is 69.0 cm³/mol. The molecular formula is C14H23NO. The summed E-state index contributed by atoms with van der Waals surface area (Å²) in [5.41, 5.74) is 8.36. The molecule has 0 aliphatic carbocycles. The van der Waals surface area contributed by atoms with Gasteiger partial charge in [-0.1, -0.05) is 19.9 Å². The van der Waals surface area contributed by atoms with Crippen LogP contribution in [0.1, 0.15) is 44.2 Å². The second-order valence-corrected chi connectivity index (χ2v) is 4.79. The molecule has 1 rings (SSSR count). The van der Waals surface area contributed by atoms with Crippen molar-refractivity contribution in [2.45, 2.75) is 46.1 Å². The third kappa shape index (κ3) is 3.86. The summed E-state index contributed by atoms with van der Waals surface area (Å²) in [6.45, 7) is 9.24. The molecule has 90 valence electrons. The van der Waals surface area contributed by atoms with E-state index in [1.807, 2.05) is 13.0 Å². The van der Waals surface area contributed by atoms with Crippen LogP contribution in [0.5, 0.6) is 5.75 Å². The van der Waals surface area contributed by atoms with Crippen molar-refractivity contribution in [2.24, 2.45) is 5.73 Å². The molecule has 0 heterocycles. The van der Waals surface area contributed by atoms with Crippen LogP contribution in [0.15, 0.2) is 18.2 Å². The number of hydrogen-bond donors (Lipinski definition) is 1. The van der Waals surface area contributed by atoms with Gasteiger partial charge in [0.1, 0.15) is 5.75 Å². The van der Waals surface area contributed by atoms with Crippen molar-refractivity contribution < 1.29 is 4.74 Å². The van der Waals surface area contributed by atoms with E-state index in [4.69, 9.17) is 10.5 Å². The number of hydrogen-bond acceptors (Lipinski definition) is 2. The van der Waals surface area contributed by atoms with E-state index in [2.05, 4.69) is 32.9 Å². The van der Waals surface area contributed by atoms with Gasteiger partial charge in [0.05, 0.1) is 6.61 Å². The Morgan fingerprint density at radius 3 is 2.44 bits per heavy atom. The number of ether oxygens (including phenoxy) is 1. The van der Waals surface area contributed by atoms with Crippen molar-refractivity contribution in [1.82, 2.24) is 0 Å². The van der Waals surface area contributed by atoms with Crippen LogP contribution in [0.4, 0.5) is 0 Å². The van der Waals surface area contributed by atoms with Crippen molar-refractivity contribution in [1.29, 1.82) is 0 Å². The second-order valence-electron chi connectivity index (χ2n) is 4.79. The van der Waals surface area contributed by atoms with E-state index < -0.39 is 0 Å². The van der Waals surface area contributed by atoms with Gasteiger partial charge in [-0.3, -0.25) is 0 Å². The molecule has 0 aliphatic heterocycles. The smallest absolute Gasteiger partial charge is 0.119 e. The van der Waals surface area contributed by atoms with Gasteiger partial charge in [-0.05, 0) is 49.4 Å². The number of benzene rings is 1. The standard InChI is InChI=1S/C14H23NO/c1-10(2)14-6-5-13(9-11(14)3)16-8-7-12(4)15/h5-6,9-10,12H,7-8,15H2,1-4H3. The van der Waals surface area contributed by atoms with Crippen LogP contribution in [0.2, 0.25) is 0 Å². The average molecular weight is 221 g/mol. The highest BCUT2D eigenvalue weighted by molar-refractivity contribution is 5.36. The van der Waals surface area contributed by atoms with Crippen molar-refractivity contribution >= 4 is 0 Å². The number of aryl methyl sites for hydroxylation is 1. The van der Waals surface area contributed by atoms with Gasteiger partial charge in [0.25, 0.3) is 0 Å². The minimum absolute atomic E-state index is 0.205. The van der Waals surface area contributed by atoms with Crippen molar-refractivity contribution in [3.63, 3.8) is 0 Å². The molecule has 1 aromatic carbocycles. The first kappa shape index (κ1) is 13.0. The van der Waals surface area contributed by atoms with Crippen molar-refractivity contribution in [2.75, 3.05) is 6.61 Å². The molecule has 1 aromatic rings. The highest BCUT2D eigenvalue weighted by atomic mass is 16.5. The lowest BCUT2D eigenvalue weighted by Gasteiger charge is -2.13. The van der Waals surface area contributed by atoms with E-state index in [9.17, 15) is 0 Å². The van der Waals surface area contributed by atoms with Crippen LogP contribution in [0, 0.1) is 6.92 Å². The zero-order chi connectivity index (χ0) is 12.1.